The van der Waals surface area contributed by atoms with E-state index in [-0.39, 0.29) is 17.5 Å². The number of carbonyl (C=O) groups is 1. The smallest absolute Gasteiger partial charge is 0.274 e. The molecule has 130 valence electrons. The molecule has 2 aromatic carbocycles. The van der Waals surface area contributed by atoms with E-state index in [4.69, 9.17) is 0 Å². The first-order valence-corrected chi connectivity index (χ1v) is 8.33. The average Bonchev–Trinajstić information content (AvgIpc) is 2.91. The summed E-state index contributed by atoms with van der Waals surface area (Å²) in [6.07, 6.45) is 8.03. The molecule has 0 fully saturated rings. The Morgan fingerprint density at radius 3 is 1.92 bits per heavy atom. The molecular formula is C21H16F2N2O. The van der Waals surface area contributed by atoms with Gasteiger partial charge in [-0.15, -0.1) is 0 Å². The summed E-state index contributed by atoms with van der Waals surface area (Å²) >= 11 is 0. The Morgan fingerprint density at radius 2 is 1.38 bits per heavy atom. The van der Waals surface area contributed by atoms with Crippen LogP contribution in [-0.4, -0.2) is 22.2 Å². The molecule has 3 nitrogen and oxygen atoms in total. The number of benzene rings is 2. The van der Waals surface area contributed by atoms with Crippen LogP contribution < -0.4 is 0 Å². The summed E-state index contributed by atoms with van der Waals surface area (Å²) < 4.78 is 26.5. The number of nitrogens with zero attached hydrogens (tertiary/aromatic N) is 2. The highest BCUT2D eigenvalue weighted by molar-refractivity contribution is 6.12. The minimum absolute atomic E-state index is 0.252. The molecule has 0 aromatic heterocycles. The van der Waals surface area contributed by atoms with Crippen LogP contribution in [-0.2, 0) is 17.6 Å². The number of amidine groups is 1. The fraction of sp³-hybridized carbons (Fsp3) is 0.143. The van der Waals surface area contributed by atoms with Gasteiger partial charge in [-0.2, -0.15) is 4.99 Å². The normalized spacial score (nSPS) is 17.4. The molecule has 2 aromatic rings. The molecule has 2 aliphatic heterocycles. The molecule has 0 unspecified atom stereocenters. The number of amides is 1. The minimum atomic E-state index is -0.952. The highest BCUT2D eigenvalue weighted by atomic mass is 19.1. The molecule has 0 N–H and O–H groups in total. The third-order valence-electron chi connectivity index (χ3n) is 4.73. The maximum absolute atomic E-state index is 13.3. The molecule has 0 saturated carbocycles. The van der Waals surface area contributed by atoms with Gasteiger partial charge in [-0.1, -0.05) is 30.3 Å². The van der Waals surface area contributed by atoms with Crippen LogP contribution in [0.1, 0.15) is 11.1 Å². The maximum atomic E-state index is 13.3. The van der Waals surface area contributed by atoms with Crippen molar-refractivity contribution in [1.82, 2.24) is 4.90 Å². The lowest BCUT2D eigenvalue weighted by Crippen LogP contribution is -2.52. The molecule has 5 heteroatoms. The van der Waals surface area contributed by atoms with E-state index in [9.17, 15) is 13.6 Å². The van der Waals surface area contributed by atoms with Crippen molar-refractivity contribution in [2.24, 2.45) is 4.99 Å². The van der Waals surface area contributed by atoms with E-state index in [1.807, 2.05) is 23.3 Å². The maximum Gasteiger partial charge on any atom is 0.274 e. The van der Waals surface area contributed by atoms with E-state index in [1.54, 1.807) is 30.3 Å². The zero-order valence-electron chi connectivity index (χ0n) is 13.9. The van der Waals surface area contributed by atoms with Gasteiger partial charge in [-0.3, -0.25) is 4.79 Å². The summed E-state index contributed by atoms with van der Waals surface area (Å²) in [6, 6.07) is 12.2. The van der Waals surface area contributed by atoms with E-state index in [2.05, 4.69) is 4.99 Å². The second kappa shape index (κ2) is 6.33. The molecule has 0 bridgehead atoms. The summed E-state index contributed by atoms with van der Waals surface area (Å²) in [5.74, 6) is -0.312. The Morgan fingerprint density at radius 1 is 0.846 bits per heavy atom. The van der Waals surface area contributed by atoms with E-state index in [0.29, 0.717) is 18.7 Å². The van der Waals surface area contributed by atoms with Gasteiger partial charge in [-0.05, 0) is 47.5 Å². The first-order valence-electron chi connectivity index (χ1n) is 8.33. The van der Waals surface area contributed by atoms with Gasteiger partial charge in [-0.25, -0.2) is 8.78 Å². The number of carbonyl (C=O) groups excluding carboxylic acids is 1. The second-order valence-electron chi connectivity index (χ2n) is 6.48. The molecule has 4 rings (SSSR count). The predicted molar refractivity (Wildman–Crippen MR) is 95.5 cm³/mol. The van der Waals surface area contributed by atoms with Gasteiger partial charge in [0.25, 0.3) is 5.91 Å². The average molecular weight is 350 g/mol. The Hall–Kier alpha value is -3.08. The summed E-state index contributed by atoms with van der Waals surface area (Å²) in [7, 11) is 0. The topological polar surface area (TPSA) is 32.7 Å². The van der Waals surface area contributed by atoms with Crippen LogP contribution in [0.5, 0.6) is 0 Å². The summed E-state index contributed by atoms with van der Waals surface area (Å²) in [5, 5.41) is 0. The van der Waals surface area contributed by atoms with Crippen molar-refractivity contribution in [3.05, 3.63) is 95.7 Å². The molecule has 0 saturated heterocycles. The predicted octanol–water partition coefficient (Wildman–Crippen LogP) is 3.81. The Balaban J connectivity index is 1.75. The van der Waals surface area contributed by atoms with Crippen molar-refractivity contribution in [2.45, 2.75) is 18.4 Å². The van der Waals surface area contributed by atoms with E-state index < -0.39 is 5.54 Å². The van der Waals surface area contributed by atoms with Crippen LogP contribution in [0.25, 0.3) is 0 Å². The number of fused-ring (bicyclic) bond motifs is 1. The molecule has 2 heterocycles. The first kappa shape index (κ1) is 16.4. The molecule has 0 radical (unpaired) electrons. The standard InChI is InChI=1S/C21H16F2N2O/c22-17-8-4-15(5-9-17)13-21(14-16-6-10-18(23)11-7-16)20(26)24-19-3-1-2-12-25(19)21/h1-12H,13-14H2. The monoisotopic (exact) mass is 350 g/mol. The van der Waals surface area contributed by atoms with Gasteiger partial charge in [0.1, 0.15) is 23.0 Å². The van der Waals surface area contributed by atoms with E-state index >= 15 is 0 Å². The van der Waals surface area contributed by atoms with Crippen molar-refractivity contribution in [1.29, 1.82) is 0 Å². The third kappa shape index (κ3) is 2.86. The zero-order chi connectivity index (χ0) is 18.1. The van der Waals surface area contributed by atoms with Crippen molar-refractivity contribution >= 4 is 11.7 Å². The Kier molecular flexibility index (Phi) is 3.99. The number of rotatable bonds is 4. The van der Waals surface area contributed by atoms with Crippen LogP contribution in [0.15, 0.2) is 78.0 Å². The quantitative estimate of drug-likeness (QED) is 0.840. The van der Waals surface area contributed by atoms with Crippen molar-refractivity contribution < 1.29 is 13.6 Å². The summed E-state index contributed by atoms with van der Waals surface area (Å²) in [6.45, 7) is 0. The van der Waals surface area contributed by atoms with Crippen molar-refractivity contribution in [2.75, 3.05) is 0 Å². The molecule has 2 aliphatic rings. The number of aliphatic imine (C=N–C) groups is 1. The van der Waals surface area contributed by atoms with Gasteiger partial charge < -0.3 is 4.90 Å². The van der Waals surface area contributed by atoms with E-state index in [1.165, 1.54) is 24.3 Å². The van der Waals surface area contributed by atoms with Gasteiger partial charge >= 0.3 is 0 Å². The van der Waals surface area contributed by atoms with Gasteiger partial charge in [0, 0.05) is 19.0 Å². The first-order chi connectivity index (χ1) is 12.6. The largest absolute Gasteiger partial charge is 0.317 e. The highest BCUT2D eigenvalue weighted by Crippen LogP contribution is 2.34. The molecule has 1 amide bonds. The lowest BCUT2D eigenvalue weighted by Gasteiger charge is -2.37. The van der Waals surface area contributed by atoms with Gasteiger partial charge in [0.15, 0.2) is 0 Å². The zero-order valence-corrected chi connectivity index (χ0v) is 13.9. The Labute approximate surface area is 150 Å². The van der Waals surface area contributed by atoms with Crippen molar-refractivity contribution in [3.63, 3.8) is 0 Å². The summed E-state index contributed by atoms with van der Waals surface area (Å²) in [4.78, 5) is 19.0. The van der Waals surface area contributed by atoms with Gasteiger partial charge in [0.05, 0.1) is 0 Å². The van der Waals surface area contributed by atoms with Crippen LogP contribution in [0.2, 0.25) is 0 Å². The fourth-order valence-corrected chi connectivity index (χ4v) is 3.46. The van der Waals surface area contributed by atoms with Crippen LogP contribution in [0.4, 0.5) is 8.78 Å². The molecule has 0 aliphatic carbocycles. The highest BCUT2D eigenvalue weighted by Gasteiger charge is 2.49. The lowest BCUT2D eigenvalue weighted by atomic mass is 9.83. The molecule has 0 spiro atoms. The van der Waals surface area contributed by atoms with Crippen molar-refractivity contribution in [3.8, 4) is 0 Å². The van der Waals surface area contributed by atoms with Crippen LogP contribution in [0, 0.1) is 11.6 Å². The van der Waals surface area contributed by atoms with Gasteiger partial charge in [0.2, 0.25) is 0 Å². The minimum Gasteiger partial charge on any atom is -0.317 e. The van der Waals surface area contributed by atoms with Crippen LogP contribution >= 0.6 is 0 Å². The molecular weight excluding hydrogens is 334 g/mol. The van der Waals surface area contributed by atoms with Crippen LogP contribution in [0.3, 0.4) is 0 Å². The molecule has 0 atom stereocenters. The number of halogens is 2. The SMILES string of the molecule is O=C1N=C2C=CC=CN2C1(Cc1ccc(F)cc1)Cc1ccc(F)cc1. The number of hydrogen-bond donors (Lipinski definition) is 0. The number of hydrogen-bond acceptors (Lipinski definition) is 2. The lowest BCUT2D eigenvalue weighted by molar-refractivity contribution is -0.124. The Bertz CT molecular complexity index is 880. The third-order valence-corrected chi connectivity index (χ3v) is 4.73. The fourth-order valence-electron chi connectivity index (χ4n) is 3.46. The molecule has 26 heavy (non-hydrogen) atoms. The van der Waals surface area contributed by atoms with E-state index in [0.717, 1.165) is 11.1 Å². The second-order valence-corrected chi connectivity index (χ2v) is 6.48. The summed E-state index contributed by atoms with van der Waals surface area (Å²) in [5.41, 5.74) is 0.717. The number of allylic oxidation sites excluding steroid dienone is 2.